The number of ether oxygens (including phenoxy) is 1. The fourth-order valence-corrected chi connectivity index (χ4v) is 1.13. The van der Waals surface area contributed by atoms with Crippen molar-refractivity contribution in [3.05, 3.63) is 0 Å². The van der Waals surface area contributed by atoms with Gasteiger partial charge in [-0.15, -0.1) is 0 Å². The molecular weight excluding hydrogens is 148 g/mol. The van der Waals surface area contributed by atoms with E-state index in [4.69, 9.17) is 4.74 Å². The molecule has 0 aromatic carbocycles. The van der Waals surface area contributed by atoms with Crippen molar-refractivity contribution in [1.29, 1.82) is 0 Å². The van der Waals surface area contributed by atoms with Crippen LogP contribution in [-0.2, 0) is 4.74 Å². The van der Waals surface area contributed by atoms with Gasteiger partial charge in [-0.25, -0.2) is 0 Å². The Balaban J connectivity index is 2.02. The molecule has 1 saturated heterocycles. The van der Waals surface area contributed by atoms with Gasteiger partial charge < -0.3 is 4.74 Å². The lowest BCUT2D eigenvalue weighted by atomic mass is 10.4. The van der Waals surface area contributed by atoms with E-state index in [9.17, 15) is 0 Å². The van der Waals surface area contributed by atoms with Gasteiger partial charge in [0.15, 0.2) is 0 Å². The molecule has 0 amide bonds. The number of nitrogens with one attached hydrogen (secondary N) is 1. The molecule has 0 unspecified atom stereocenters. The monoisotopic (exact) mass is 162 g/mol. The molecule has 1 N–H and O–H groups in total. The van der Waals surface area contributed by atoms with Crippen molar-refractivity contribution in [3.8, 4) is 0 Å². The average Bonchev–Trinajstić information content (AvgIpc) is 2.03. The summed E-state index contributed by atoms with van der Waals surface area (Å²) in [5.74, 6) is 0. The van der Waals surface area contributed by atoms with Gasteiger partial charge in [-0.05, 0) is 0 Å². The first-order valence-corrected chi connectivity index (χ1v) is 4.05. The van der Waals surface area contributed by atoms with Crippen LogP contribution in [0.25, 0.3) is 0 Å². The summed E-state index contributed by atoms with van der Waals surface area (Å²) in [6.07, 6.45) is 0. The quantitative estimate of drug-likeness (QED) is 0.560. The number of thiol groups is 1. The molecule has 1 heterocycles. The van der Waals surface area contributed by atoms with E-state index in [1.54, 1.807) is 0 Å². The lowest BCUT2D eigenvalue weighted by molar-refractivity contribution is 0.0391. The minimum absolute atomic E-state index is 0.882. The SMILES string of the molecule is SNCCN1CCOCC1. The third-order valence-corrected chi connectivity index (χ3v) is 1.87. The summed E-state index contributed by atoms with van der Waals surface area (Å²) < 4.78 is 8.03. The molecule has 4 heteroatoms. The van der Waals surface area contributed by atoms with Gasteiger partial charge in [0.05, 0.1) is 13.2 Å². The second kappa shape index (κ2) is 4.96. The largest absolute Gasteiger partial charge is 0.379 e. The normalized spacial score (nSPS) is 21.3. The van der Waals surface area contributed by atoms with Crippen LogP contribution in [0.5, 0.6) is 0 Å². The van der Waals surface area contributed by atoms with Gasteiger partial charge in [-0.2, -0.15) is 0 Å². The molecule has 0 bridgehead atoms. The van der Waals surface area contributed by atoms with Crippen molar-refractivity contribution in [1.82, 2.24) is 9.62 Å². The fourth-order valence-electron chi connectivity index (χ4n) is 1.03. The number of hydrogen-bond donors (Lipinski definition) is 2. The topological polar surface area (TPSA) is 24.5 Å². The highest BCUT2D eigenvalue weighted by molar-refractivity contribution is 7.78. The van der Waals surface area contributed by atoms with Crippen molar-refractivity contribution in [2.75, 3.05) is 39.4 Å². The maximum absolute atomic E-state index is 5.20. The molecule has 60 valence electrons. The van der Waals surface area contributed by atoms with Gasteiger partial charge in [0.2, 0.25) is 0 Å². The minimum atomic E-state index is 0.882. The molecule has 0 aliphatic carbocycles. The Bertz CT molecular complexity index is 85.8. The summed E-state index contributed by atoms with van der Waals surface area (Å²) in [4.78, 5) is 2.37. The standard InChI is InChI=1S/C6H14N2OS/c10-7-1-2-8-3-5-9-6-4-8/h7,10H,1-6H2. The second-order valence-corrected chi connectivity index (χ2v) is 2.68. The average molecular weight is 162 g/mol. The molecule has 0 aromatic heterocycles. The van der Waals surface area contributed by atoms with Crippen LogP contribution in [0.4, 0.5) is 0 Å². The lowest BCUT2D eigenvalue weighted by Gasteiger charge is -2.26. The van der Waals surface area contributed by atoms with Gasteiger partial charge in [0.25, 0.3) is 0 Å². The summed E-state index contributed by atoms with van der Waals surface area (Å²) in [6.45, 7) is 5.92. The van der Waals surface area contributed by atoms with E-state index in [0.29, 0.717) is 0 Å². The zero-order chi connectivity index (χ0) is 7.23. The molecule has 1 rings (SSSR count). The Morgan fingerprint density at radius 1 is 1.40 bits per heavy atom. The molecular formula is C6H14N2OS. The third-order valence-electron chi connectivity index (χ3n) is 1.64. The van der Waals surface area contributed by atoms with Crippen molar-refractivity contribution in [2.24, 2.45) is 0 Å². The first-order valence-electron chi connectivity index (χ1n) is 3.60. The fraction of sp³-hybridized carbons (Fsp3) is 1.00. The molecule has 1 aliphatic rings. The predicted molar refractivity (Wildman–Crippen MR) is 44.2 cm³/mol. The molecule has 0 aromatic rings. The van der Waals surface area contributed by atoms with Crippen molar-refractivity contribution in [2.45, 2.75) is 0 Å². The second-order valence-electron chi connectivity index (χ2n) is 2.36. The van der Waals surface area contributed by atoms with Crippen LogP contribution >= 0.6 is 12.8 Å². The van der Waals surface area contributed by atoms with Gasteiger partial charge in [-0.3, -0.25) is 9.62 Å². The first-order chi connectivity index (χ1) is 4.93. The number of hydrogen-bond acceptors (Lipinski definition) is 4. The highest BCUT2D eigenvalue weighted by Crippen LogP contribution is 1.94. The van der Waals surface area contributed by atoms with Gasteiger partial charge in [-0.1, -0.05) is 12.8 Å². The molecule has 0 radical (unpaired) electrons. The van der Waals surface area contributed by atoms with E-state index in [-0.39, 0.29) is 0 Å². The smallest absolute Gasteiger partial charge is 0.0594 e. The van der Waals surface area contributed by atoms with Gasteiger partial charge >= 0.3 is 0 Å². The molecule has 0 spiro atoms. The summed E-state index contributed by atoms with van der Waals surface area (Å²) in [7, 11) is 0. The Morgan fingerprint density at radius 3 is 2.70 bits per heavy atom. The maximum Gasteiger partial charge on any atom is 0.0594 e. The van der Waals surface area contributed by atoms with E-state index < -0.39 is 0 Å². The Kier molecular flexibility index (Phi) is 4.13. The number of rotatable bonds is 3. The zero-order valence-corrected chi connectivity index (χ0v) is 6.94. The third kappa shape index (κ3) is 2.88. The predicted octanol–water partition coefficient (Wildman–Crippen LogP) is -0.247. The summed E-state index contributed by atoms with van der Waals surface area (Å²) in [6, 6.07) is 0. The van der Waals surface area contributed by atoms with E-state index >= 15 is 0 Å². The van der Waals surface area contributed by atoms with E-state index in [2.05, 4.69) is 22.4 Å². The highest BCUT2D eigenvalue weighted by Gasteiger charge is 2.08. The first kappa shape index (κ1) is 8.33. The van der Waals surface area contributed by atoms with Crippen molar-refractivity contribution in [3.63, 3.8) is 0 Å². The lowest BCUT2D eigenvalue weighted by Crippen LogP contribution is -2.39. The Hall–Kier alpha value is 0.230. The van der Waals surface area contributed by atoms with Crippen molar-refractivity contribution >= 4 is 12.8 Å². The number of morpholine rings is 1. The van der Waals surface area contributed by atoms with Gasteiger partial charge in [0.1, 0.15) is 0 Å². The molecule has 10 heavy (non-hydrogen) atoms. The van der Waals surface area contributed by atoms with E-state index in [1.165, 1.54) is 0 Å². The molecule has 1 aliphatic heterocycles. The minimum Gasteiger partial charge on any atom is -0.379 e. The molecule has 0 saturated carbocycles. The summed E-state index contributed by atoms with van der Waals surface area (Å²) in [5.41, 5.74) is 0. The Morgan fingerprint density at radius 2 is 2.10 bits per heavy atom. The van der Waals surface area contributed by atoms with Gasteiger partial charge in [0, 0.05) is 26.2 Å². The van der Waals surface area contributed by atoms with Crippen molar-refractivity contribution < 1.29 is 4.74 Å². The molecule has 0 atom stereocenters. The zero-order valence-electron chi connectivity index (χ0n) is 6.05. The van der Waals surface area contributed by atoms with Crippen LogP contribution in [0.3, 0.4) is 0 Å². The Labute approximate surface area is 67.3 Å². The molecule has 3 nitrogen and oxygen atoms in total. The highest BCUT2D eigenvalue weighted by atomic mass is 32.1. The summed E-state index contributed by atoms with van der Waals surface area (Å²) >= 11 is 3.91. The van der Waals surface area contributed by atoms with Crippen LogP contribution in [0.1, 0.15) is 0 Å². The van der Waals surface area contributed by atoms with Crippen LogP contribution in [0.2, 0.25) is 0 Å². The number of nitrogens with zero attached hydrogens (tertiary/aromatic N) is 1. The van der Waals surface area contributed by atoms with E-state index in [1.807, 2.05) is 0 Å². The van der Waals surface area contributed by atoms with E-state index in [0.717, 1.165) is 39.4 Å². The van der Waals surface area contributed by atoms with Crippen LogP contribution in [0, 0.1) is 0 Å². The summed E-state index contributed by atoms with van der Waals surface area (Å²) in [5, 5.41) is 0. The molecule has 1 fully saturated rings. The van der Waals surface area contributed by atoms with Crippen LogP contribution in [-0.4, -0.2) is 44.3 Å². The maximum atomic E-state index is 5.20. The van der Waals surface area contributed by atoms with Crippen LogP contribution in [0.15, 0.2) is 0 Å². The van der Waals surface area contributed by atoms with Crippen LogP contribution < -0.4 is 4.72 Å².